The number of carbonyl (C=O) groups excluding carboxylic acids is 1. The highest BCUT2D eigenvalue weighted by atomic mass is 16.1. The first kappa shape index (κ1) is 16.1. The second kappa shape index (κ2) is 7.68. The van der Waals surface area contributed by atoms with E-state index in [1.54, 1.807) is 12.4 Å². The summed E-state index contributed by atoms with van der Waals surface area (Å²) in [5.41, 5.74) is 3.24. The third kappa shape index (κ3) is 3.59. The maximum atomic E-state index is 12.7. The van der Waals surface area contributed by atoms with Crippen molar-refractivity contribution in [3.8, 4) is 11.3 Å². The standard InChI is InChI=1S/C20H21N3O/c1-2-3-6-11-22-20(24)17-14-19(15-9-12-21-13-10-15)23-18-8-5-4-7-16(17)18/h4-5,7-10,12-14H,2-3,6,11H2,1H3,(H,22,24). The SMILES string of the molecule is CCCCCNC(=O)c1cc(-c2ccncc2)nc2ccccc12. The zero-order chi connectivity index (χ0) is 16.8. The topological polar surface area (TPSA) is 54.9 Å². The van der Waals surface area contributed by atoms with E-state index in [-0.39, 0.29) is 5.91 Å². The highest BCUT2D eigenvalue weighted by Crippen LogP contribution is 2.24. The minimum absolute atomic E-state index is 0.0417. The van der Waals surface area contributed by atoms with Crippen molar-refractivity contribution in [2.24, 2.45) is 0 Å². The van der Waals surface area contributed by atoms with Crippen LogP contribution in [0.5, 0.6) is 0 Å². The molecule has 0 aliphatic carbocycles. The van der Waals surface area contributed by atoms with Gasteiger partial charge in [-0.05, 0) is 30.7 Å². The highest BCUT2D eigenvalue weighted by molar-refractivity contribution is 6.07. The number of fused-ring (bicyclic) bond motifs is 1. The first-order valence-electron chi connectivity index (χ1n) is 8.38. The van der Waals surface area contributed by atoms with Crippen LogP contribution in [0.3, 0.4) is 0 Å². The Labute approximate surface area is 142 Å². The molecule has 0 saturated carbocycles. The molecule has 0 radical (unpaired) electrons. The Balaban J connectivity index is 1.97. The number of rotatable bonds is 6. The lowest BCUT2D eigenvalue weighted by molar-refractivity contribution is 0.0954. The number of carbonyl (C=O) groups is 1. The van der Waals surface area contributed by atoms with Crippen molar-refractivity contribution in [2.45, 2.75) is 26.2 Å². The molecule has 1 N–H and O–H groups in total. The van der Waals surface area contributed by atoms with Gasteiger partial charge in [0.25, 0.3) is 5.91 Å². The molecule has 4 nitrogen and oxygen atoms in total. The van der Waals surface area contributed by atoms with Crippen LogP contribution in [0.2, 0.25) is 0 Å². The van der Waals surface area contributed by atoms with E-state index in [4.69, 9.17) is 4.98 Å². The smallest absolute Gasteiger partial charge is 0.252 e. The molecule has 0 aliphatic heterocycles. The number of pyridine rings is 2. The molecular weight excluding hydrogens is 298 g/mol. The summed E-state index contributed by atoms with van der Waals surface area (Å²) in [6.07, 6.45) is 6.73. The first-order chi connectivity index (χ1) is 11.8. The van der Waals surface area contributed by atoms with Crippen LogP contribution in [0.25, 0.3) is 22.2 Å². The number of nitrogens with one attached hydrogen (secondary N) is 1. The summed E-state index contributed by atoms with van der Waals surface area (Å²) in [5.74, 6) is -0.0417. The van der Waals surface area contributed by atoms with E-state index < -0.39 is 0 Å². The predicted octanol–water partition coefficient (Wildman–Crippen LogP) is 4.22. The predicted molar refractivity (Wildman–Crippen MR) is 96.8 cm³/mol. The van der Waals surface area contributed by atoms with Crippen LogP contribution in [-0.2, 0) is 0 Å². The fourth-order valence-corrected chi connectivity index (χ4v) is 2.71. The number of amides is 1. The minimum Gasteiger partial charge on any atom is -0.352 e. The van der Waals surface area contributed by atoms with Gasteiger partial charge in [-0.2, -0.15) is 0 Å². The summed E-state index contributed by atoms with van der Waals surface area (Å²) in [5, 5.41) is 3.90. The molecule has 3 rings (SSSR count). The Kier molecular flexibility index (Phi) is 5.16. The van der Waals surface area contributed by atoms with E-state index >= 15 is 0 Å². The van der Waals surface area contributed by atoms with Crippen molar-refractivity contribution >= 4 is 16.8 Å². The van der Waals surface area contributed by atoms with Gasteiger partial charge in [0.1, 0.15) is 0 Å². The maximum absolute atomic E-state index is 12.7. The van der Waals surface area contributed by atoms with Crippen LogP contribution < -0.4 is 5.32 Å². The second-order valence-corrected chi connectivity index (χ2v) is 5.77. The molecule has 3 aromatic rings. The molecule has 0 saturated heterocycles. The van der Waals surface area contributed by atoms with Crippen molar-refractivity contribution in [3.63, 3.8) is 0 Å². The molecule has 24 heavy (non-hydrogen) atoms. The summed E-state index contributed by atoms with van der Waals surface area (Å²) in [4.78, 5) is 21.4. The van der Waals surface area contributed by atoms with E-state index in [1.807, 2.05) is 42.5 Å². The van der Waals surface area contributed by atoms with Gasteiger partial charge in [0.15, 0.2) is 0 Å². The molecule has 0 aliphatic rings. The molecule has 2 heterocycles. The monoisotopic (exact) mass is 319 g/mol. The zero-order valence-electron chi connectivity index (χ0n) is 13.8. The molecule has 1 amide bonds. The molecule has 122 valence electrons. The van der Waals surface area contributed by atoms with Gasteiger partial charge in [-0.25, -0.2) is 4.98 Å². The van der Waals surface area contributed by atoms with Gasteiger partial charge >= 0.3 is 0 Å². The average Bonchev–Trinajstić information content (AvgIpc) is 2.65. The number of nitrogens with zero attached hydrogens (tertiary/aromatic N) is 2. The minimum atomic E-state index is -0.0417. The summed E-state index contributed by atoms with van der Waals surface area (Å²) in [7, 11) is 0. The number of unbranched alkanes of at least 4 members (excludes halogenated alkanes) is 2. The van der Waals surface area contributed by atoms with E-state index in [1.165, 1.54) is 0 Å². The van der Waals surface area contributed by atoms with E-state index in [2.05, 4.69) is 17.2 Å². The Bertz CT molecular complexity index is 831. The number of hydrogen-bond donors (Lipinski definition) is 1. The molecule has 0 atom stereocenters. The maximum Gasteiger partial charge on any atom is 0.252 e. The van der Waals surface area contributed by atoms with Gasteiger partial charge in [0, 0.05) is 29.9 Å². The number of para-hydroxylation sites is 1. The average molecular weight is 319 g/mol. The fraction of sp³-hybridized carbons (Fsp3) is 0.250. The molecule has 0 unspecified atom stereocenters. The Morgan fingerprint density at radius 2 is 1.88 bits per heavy atom. The molecule has 2 aromatic heterocycles. The fourth-order valence-electron chi connectivity index (χ4n) is 2.71. The summed E-state index contributed by atoms with van der Waals surface area (Å²) in [6, 6.07) is 13.4. The zero-order valence-corrected chi connectivity index (χ0v) is 13.8. The second-order valence-electron chi connectivity index (χ2n) is 5.77. The first-order valence-corrected chi connectivity index (χ1v) is 8.38. The highest BCUT2D eigenvalue weighted by Gasteiger charge is 2.13. The van der Waals surface area contributed by atoms with Gasteiger partial charge in [0.2, 0.25) is 0 Å². The Hall–Kier alpha value is -2.75. The number of benzene rings is 1. The van der Waals surface area contributed by atoms with Crippen LogP contribution in [-0.4, -0.2) is 22.4 Å². The van der Waals surface area contributed by atoms with Crippen LogP contribution in [0, 0.1) is 0 Å². The van der Waals surface area contributed by atoms with E-state index in [0.29, 0.717) is 12.1 Å². The van der Waals surface area contributed by atoms with Crippen LogP contribution >= 0.6 is 0 Å². The summed E-state index contributed by atoms with van der Waals surface area (Å²) >= 11 is 0. The van der Waals surface area contributed by atoms with Crippen molar-refractivity contribution < 1.29 is 4.79 Å². The molecule has 1 aromatic carbocycles. The lowest BCUT2D eigenvalue weighted by atomic mass is 10.0. The van der Waals surface area contributed by atoms with Crippen molar-refractivity contribution in [2.75, 3.05) is 6.54 Å². The van der Waals surface area contributed by atoms with Crippen molar-refractivity contribution in [1.82, 2.24) is 15.3 Å². The van der Waals surface area contributed by atoms with Crippen LogP contribution in [0.4, 0.5) is 0 Å². The third-order valence-electron chi connectivity index (χ3n) is 4.00. The van der Waals surface area contributed by atoms with Crippen LogP contribution in [0.15, 0.2) is 54.9 Å². The lowest BCUT2D eigenvalue weighted by Gasteiger charge is -2.10. The molecule has 0 bridgehead atoms. The number of aromatic nitrogens is 2. The van der Waals surface area contributed by atoms with Gasteiger partial charge in [-0.1, -0.05) is 38.0 Å². The Morgan fingerprint density at radius 3 is 2.67 bits per heavy atom. The van der Waals surface area contributed by atoms with E-state index in [9.17, 15) is 4.79 Å². The van der Waals surface area contributed by atoms with Gasteiger partial charge in [-0.3, -0.25) is 9.78 Å². The van der Waals surface area contributed by atoms with Crippen LogP contribution in [0.1, 0.15) is 36.5 Å². The van der Waals surface area contributed by atoms with Gasteiger partial charge in [0.05, 0.1) is 16.8 Å². The molecule has 0 fully saturated rings. The van der Waals surface area contributed by atoms with Crippen molar-refractivity contribution in [1.29, 1.82) is 0 Å². The van der Waals surface area contributed by atoms with E-state index in [0.717, 1.165) is 41.4 Å². The molecule has 0 spiro atoms. The largest absolute Gasteiger partial charge is 0.352 e. The number of hydrogen-bond acceptors (Lipinski definition) is 3. The summed E-state index contributed by atoms with van der Waals surface area (Å²) < 4.78 is 0. The Morgan fingerprint density at radius 1 is 1.08 bits per heavy atom. The normalized spacial score (nSPS) is 10.7. The van der Waals surface area contributed by atoms with Gasteiger partial charge in [-0.15, -0.1) is 0 Å². The lowest BCUT2D eigenvalue weighted by Crippen LogP contribution is -2.24. The molecule has 4 heteroatoms. The third-order valence-corrected chi connectivity index (χ3v) is 4.00. The molecular formula is C20H21N3O. The summed E-state index contributed by atoms with van der Waals surface area (Å²) in [6.45, 7) is 2.85. The quantitative estimate of drug-likeness (QED) is 0.692. The van der Waals surface area contributed by atoms with Gasteiger partial charge < -0.3 is 5.32 Å². The van der Waals surface area contributed by atoms with Crippen molar-refractivity contribution in [3.05, 3.63) is 60.4 Å².